The third kappa shape index (κ3) is 2.19. The Kier molecular flexibility index (Phi) is 2.87. The van der Waals surface area contributed by atoms with Crippen LogP contribution in [0.15, 0.2) is 22.7 Å². The number of benzene rings is 1. The third-order valence-electron chi connectivity index (χ3n) is 2.17. The van der Waals surface area contributed by atoms with Gasteiger partial charge in [-0.2, -0.15) is 0 Å². The van der Waals surface area contributed by atoms with E-state index in [0.29, 0.717) is 11.5 Å². The Hall–Kier alpha value is -1.49. The Balaban J connectivity index is 2.69. The molecule has 0 saturated heterocycles. The predicted molar refractivity (Wildman–Crippen MR) is 63.3 cm³/mol. The Morgan fingerprint density at radius 2 is 2.19 bits per heavy atom. The topological polar surface area (TPSA) is 63.1 Å². The van der Waals surface area contributed by atoms with Crippen LogP contribution in [0.4, 0.5) is 0 Å². The van der Waals surface area contributed by atoms with Gasteiger partial charge in [0.1, 0.15) is 5.82 Å². The summed E-state index contributed by atoms with van der Waals surface area (Å²) in [5, 5.41) is 9.59. The molecule has 0 bridgehead atoms. The van der Waals surface area contributed by atoms with E-state index in [9.17, 15) is 4.79 Å². The normalized spacial score (nSPS) is 10.6. The maximum atomic E-state index is 10.7. The zero-order valence-corrected chi connectivity index (χ0v) is 10.2. The maximum absolute atomic E-state index is 10.7. The molecule has 1 aromatic carbocycles. The lowest BCUT2D eigenvalue weighted by atomic mass is 10.1. The summed E-state index contributed by atoms with van der Waals surface area (Å²) in [4.78, 5) is 19.2. The zero-order valence-electron chi connectivity index (χ0n) is 8.57. The van der Waals surface area contributed by atoms with Crippen molar-refractivity contribution in [3.05, 3.63) is 34.2 Å². The van der Waals surface area contributed by atoms with Crippen molar-refractivity contribution in [1.29, 1.82) is 0 Å². The van der Waals surface area contributed by atoms with Crippen molar-refractivity contribution in [2.75, 3.05) is 0 Å². The van der Waals surface area contributed by atoms with Crippen molar-refractivity contribution in [2.24, 2.45) is 0 Å². The highest BCUT2D eigenvalue weighted by molar-refractivity contribution is 9.10. The number of nitrogens with zero attached hydrogens (tertiary/aromatic N) is 2. The summed E-state index contributed by atoms with van der Waals surface area (Å²) in [6.07, 6.45) is -0.0870. The fourth-order valence-corrected chi connectivity index (χ4v) is 1.93. The summed E-state index contributed by atoms with van der Waals surface area (Å²) in [5.74, 6) is -0.301. The number of aryl methyl sites for hydroxylation is 1. The van der Waals surface area contributed by atoms with Gasteiger partial charge < -0.3 is 5.11 Å². The second-order valence-corrected chi connectivity index (χ2v) is 4.37. The summed E-state index contributed by atoms with van der Waals surface area (Å²) < 4.78 is 0.888. The largest absolute Gasteiger partial charge is 0.481 e. The van der Waals surface area contributed by atoms with Gasteiger partial charge in [-0.25, -0.2) is 9.97 Å². The summed E-state index contributed by atoms with van der Waals surface area (Å²) in [5.41, 5.74) is 1.32. The molecule has 1 N–H and O–H groups in total. The monoisotopic (exact) mass is 280 g/mol. The Morgan fingerprint density at radius 1 is 1.44 bits per heavy atom. The Labute approximate surface area is 100 Å². The van der Waals surface area contributed by atoms with Gasteiger partial charge in [-0.1, -0.05) is 15.9 Å². The van der Waals surface area contributed by atoms with Gasteiger partial charge in [0.05, 0.1) is 17.6 Å². The molecule has 2 rings (SSSR count). The second kappa shape index (κ2) is 4.17. The molecule has 0 spiro atoms. The van der Waals surface area contributed by atoms with Gasteiger partial charge in [-0.15, -0.1) is 0 Å². The van der Waals surface area contributed by atoms with Gasteiger partial charge in [-0.3, -0.25) is 4.79 Å². The lowest BCUT2D eigenvalue weighted by Crippen LogP contribution is -2.05. The van der Waals surface area contributed by atoms with E-state index in [2.05, 4.69) is 25.9 Å². The van der Waals surface area contributed by atoms with Crippen LogP contribution in [0, 0.1) is 6.92 Å². The highest BCUT2D eigenvalue weighted by atomic mass is 79.9. The quantitative estimate of drug-likeness (QED) is 0.917. The van der Waals surface area contributed by atoms with E-state index in [0.717, 1.165) is 15.4 Å². The molecule has 1 heterocycles. The molecule has 0 radical (unpaired) electrons. The zero-order chi connectivity index (χ0) is 11.7. The number of fused-ring (bicyclic) bond motifs is 1. The SMILES string of the molecule is Cc1nc(CC(=O)O)c2cc(Br)ccc2n1. The van der Waals surface area contributed by atoms with Crippen molar-refractivity contribution >= 4 is 32.8 Å². The highest BCUT2D eigenvalue weighted by Gasteiger charge is 2.09. The molecular formula is C11H9BrN2O2. The second-order valence-electron chi connectivity index (χ2n) is 3.45. The number of hydrogen-bond acceptors (Lipinski definition) is 3. The van der Waals surface area contributed by atoms with E-state index in [-0.39, 0.29) is 6.42 Å². The fraction of sp³-hybridized carbons (Fsp3) is 0.182. The molecule has 0 fully saturated rings. The first-order chi connectivity index (χ1) is 7.56. The maximum Gasteiger partial charge on any atom is 0.309 e. The molecule has 0 aliphatic rings. The van der Waals surface area contributed by atoms with E-state index in [1.54, 1.807) is 6.92 Å². The van der Waals surface area contributed by atoms with Gasteiger partial charge in [0.2, 0.25) is 0 Å². The fourth-order valence-electron chi connectivity index (χ4n) is 1.57. The number of carbonyl (C=O) groups is 1. The molecule has 0 amide bonds. The van der Waals surface area contributed by atoms with Gasteiger partial charge in [0.25, 0.3) is 0 Å². The van der Waals surface area contributed by atoms with Crippen LogP contribution in [-0.2, 0) is 11.2 Å². The minimum absolute atomic E-state index is 0.0870. The lowest BCUT2D eigenvalue weighted by Gasteiger charge is -2.05. The van der Waals surface area contributed by atoms with E-state index in [1.807, 2.05) is 18.2 Å². The van der Waals surface area contributed by atoms with Crippen LogP contribution >= 0.6 is 15.9 Å². The van der Waals surface area contributed by atoms with Crippen LogP contribution in [0.1, 0.15) is 11.5 Å². The average Bonchev–Trinajstić information content (AvgIpc) is 2.18. The van der Waals surface area contributed by atoms with E-state index in [4.69, 9.17) is 5.11 Å². The smallest absolute Gasteiger partial charge is 0.309 e. The molecule has 4 nitrogen and oxygen atoms in total. The van der Waals surface area contributed by atoms with Gasteiger partial charge in [0, 0.05) is 9.86 Å². The number of halogens is 1. The molecule has 16 heavy (non-hydrogen) atoms. The average molecular weight is 281 g/mol. The first kappa shape index (κ1) is 11.0. The van der Waals surface area contributed by atoms with Crippen molar-refractivity contribution in [2.45, 2.75) is 13.3 Å². The van der Waals surface area contributed by atoms with Crippen LogP contribution in [0.5, 0.6) is 0 Å². The predicted octanol–water partition coefficient (Wildman–Crippen LogP) is 2.33. The van der Waals surface area contributed by atoms with Gasteiger partial charge in [0.15, 0.2) is 0 Å². The molecule has 5 heteroatoms. The van der Waals surface area contributed by atoms with E-state index in [1.165, 1.54) is 0 Å². The Bertz CT molecular complexity index is 569. The van der Waals surface area contributed by atoms with Crippen LogP contribution in [0.2, 0.25) is 0 Å². The first-order valence-corrected chi connectivity index (χ1v) is 5.50. The van der Waals surface area contributed by atoms with Gasteiger partial charge >= 0.3 is 5.97 Å². The number of carboxylic acid groups (broad SMARTS) is 1. The van der Waals surface area contributed by atoms with Crippen LogP contribution < -0.4 is 0 Å². The highest BCUT2D eigenvalue weighted by Crippen LogP contribution is 2.21. The summed E-state index contributed by atoms with van der Waals surface area (Å²) >= 11 is 3.35. The van der Waals surface area contributed by atoms with Crippen molar-refractivity contribution < 1.29 is 9.90 Å². The van der Waals surface area contributed by atoms with Crippen molar-refractivity contribution in [3.8, 4) is 0 Å². The summed E-state index contributed by atoms with van der Waals surface area (Å²) in [6.45, 7) is 1.76. The van der Waals surface area contributed by atoms with Crippen molar-refractivity contribution in [3.63, 3.8) is 0 Å². The van der Waals surface area contributed by atoms with Gasteiger partial charge in [-0.05, 0) is 25.1 Å². The van der Waals surface area contributed by atoms with Crippen molar-refractivity contribution in [1.82, 2.24) is 9.97 Å². The third-order valence-corrected chi connectivity index (χ3v) is 2.66. The molecular weight excluding hydrogens is 272 g/mol. The molecule has 2 aromatic rings. The van der Waals surface area contributed by atoms with E-state index >= 15 is 0 Å². The Morgan fingerprint density at radius 3 is 2.88 bits per heavy atom. The number of aliphatic carboxylic acids is 1. The molecule has 0 unspecified atom stereocenters. The van der Waals surface area contributed by atoms with Crippen LogP contribution in [0.3, 0.4) is 0 Å². The molecule has 0 aliphatic heterocycles. The molecule has 82 valence electrons. The number of carboxylic acids is 1. The number of rotatable bonds is 2. The standard InChI is InChI=1S/C11H9BrN2O2/c1-6-13-9-3-2-7(12)4-8(9)10(14-6)5-11(15)16/h2-4H,5H2,1H3,(H,15,16). The summed E-state index contributed by atoms with van der Waals surface area (Å²) in [6, 6.07) is 5.56. The van der Waals surface area contributed by atoms with Crippen LogP contribution in [-0.4, -0.2) is 21.0 Å². The van der Waals surface area contributed by atoms with Crippen LogP contribution in [0.25, 0.3) is 10.9 Å². The number of hydrogen-bond donors (Lipinski definition) is 1. The number of aromatic nitrogens is 2. The minimum Gasteiger partial charge on any atom is -0.481 e. The molecule has 0 atom stereocenters. The molecule has 1 aromatic heterocycles. The molecule has 0 aliphatic carbocycles. The minimum atomic E-state index is -0.889. The molecule has 0 saturated carbocycles. The first-order valence-electron chi connectivity index (χ1n) is 4.71. The summed E-state index contributed by atoms with van der Waals surface area (Å²) in [7, 11) is 0. The lowest BCUT2D eigenvalue weighted by molar-refractivity contribution is -0.136. The van der Waals surface area contributed by atoms with E-state index < -0.39 is 5.97 Å².